The van der Waals surface area contributed by atoms with Crippen LogP contribution >= 0.6 is 0 Å². The molecular formula is C21H32N2O. The minimum Gasteiger partial charge on any atom is -0.353 e. The van der Waals surface area contributed by atoms with Gasteiger partial charge < -0.3 is 5.32 Å². The first kappa shape index (κ1) is 17.5. The summed E-state index contributed by atoms with van der Waals surface area (Å²) in [6.07, 6.45) is 9.16. The first-order chi connectivity index (χ1) is 11.7. The Morgan fingerprint density at radius 3 is 2.54 bits per heavy atom. The van der Waals surface area contributed by atoms with Gasteiger partial charge in [-0.2, -0.15) is 0 Å². The smallest absolute Gasteiger partial charge is 0.220 e. The van der Waals surface area contributed by atoms with E-state index < -0.39 is 0 Å². The van der Waals surface area contributed by atoms with Gasteiger partial charge in [-0.1, -0.05) is 44.0 Å². The summed E-state index contributed by atoms with van der Waals surface area (Å²) in [6, 6.07) is 9.32. The van der Waals surface area contributed by atoms with E-state index >= 15 is 0 Å². The summed E-state index contributed by atoms with van der Waals surface area (Å²) in [5.74, 6) is 0.937. The van der Waals surface area contributed by atoms with Crippen LogP contribution in [0.3, 0.4) is 0 Å². The van der Waals surface area contributed by atoms with E-state index in [1.807, 2.05) is 0 Å². The molecule has 3 rings (SSSR count). The average Bonchev–Trinajstić information content (AvgIpc) is 3.09. The molecule has 1 heterocycles. The van der Waals surface area contributed by atoms with Crippen molar-refractivity contribution >= 4 is 5.91 Å². The molecule has 2 aliphatic rings. The van der Waals surface area contributed by atoms with Crippen molar-refractivity contribution < 1.29 is 4.79 Å². The van der Waals surface area contributed by atoms with Gasteiger partial charge in [0.05, 0.1) is 0 Å². The molecule has 0 spiro atoms. The largest absolute Gasteiger partial charge is 0.353 e. The Balaban J connectivity index is 1.39. The summed E-state index contributed by atoms with van der Waals surface area (Å²) < 4.78 is 0. The number of amides is 1. The lowest BCUT2D eigenvalue weighted by Gasteiger charge is -2.32. The number of hydrogen-bond acceptors (Lipinski definition) is 2. The maximum Gasteiger partial charge on any atom is 0.220 e. The fraction of sp³-hybridized carbons (Fsp3) is 0.667. The minimum atomic E-state index is 0.288. The number of hydrogen-bond donors (Lipinski definition) is 1. The fourth-order valence-electron chi connectivity index (χ4n) is 4.20. The molecule has 1 saturated carbocycles. The fourth-order valence-corrected chi connectivity index (χ4v) is 4.20. The normalized spacial score (nSPS) is 20.4. The number of nitrogens with one attached hydrogen (secondary N) is 1. The number of rotatable bonds is 6. The van der Waals surface area contributed by atoms with Crippen LogP contribution in [0.15, 0.2) is 24.3 Å². The van der Waals surface area contributed by atoms with Crippen LogP contribution in [0.1, 0.15) is 63.0 Å². The van der Waals surface area contributed by atoms with Crippen molar-refractivity contribution in [2.24, 2.45) is 5.92 Å². The molecule has 1 amide bonds. The monoisotopic (exact) mass is 328 g/mol. The Labute approximate surface area is 146 Å². The third-order valence-corrected chi connectivity index (χ3v) is 5.71. The van der Waals surface area contributed by atoms with Crippen LogP contribution in [0.2, 0.25) is 0 Å². The van der Waals surface area contributed by atoms with Gasteiger partial charge in [0.25, 0.3) is 0 Å². The summed E-state index contributed by atoms with van der Waals surface area (Å²) in [4.78, 5) is 14.7. The Kier molecular flexibility index (Phi) is 6.30. The molecule has 1 aromatic rings. The molecule has 0 aromatic heterocycles. The summed E-state index contributed by atoms with van der Waals surface area (Å²) in [7, 11) is 0. The van der Waals surface area contributed by atoms with Crippen LogP contribution in [-0.2, 0) is 17.8 Å². The van der Waals surface area contributed by atoms with E-state index in [1.165, 1.54) is 36.8 Å². The van der Waals surface area contributed by atoms with E-state index in [9.17, 15) is 4.79 Å². The highest BCUT2D eigenvalue weighted by atomic mass is 16.1. The Morgan fingerprint density at radius 1 is 1.12 bits per heavy atom. The van der Waals surface area contributed by atoms with Crippen molar-refractivity contribution in [2.45, 2.75) is 70.9 Å². The second-order valence-corrected chi connectivity index (χ2v) is 7.65. The zero-order valence-electron chi connectivity index (χ0n) is 15.1. The first-order valence-electron chi connectivity index (χ1n) is 9.82. The van der Waals surface area contributed by atoms with Crippen molar-refractivity contribution in [1.29, 1.82) is 0 Å². The molecule has 1 aromatic carbocycles. The maximum absolute atomic E-state index is 12.2. The number of piperidine rings is 1. The highest BCUT2D eigenvalue weighted by molar-refractivity contribution is 5.76. The molecule has 0 bridgehead atoms. The Morgan fingerprint density at radius 2 is 1.83 bits per heavy atom. The molecule has 24 heavy (non-hydrogen) atoms. The second kappa shape index (κ2) is 8.66. The summed E-state index contributed by atoms with van der Waals surface area (Å²) in [5.41, 5.74) is 2.83. The molecular weight excluding hydrogens is 296 g/mol. The molecule has 0 radical (unpaired) electrons. The number of likely N-dealkylation sites (tertiary alicyclic amines) is 1. The number of aryl methyl sites for hydroxylation is 1. The molecule has 1 saturated heterocycles. The molecule has 1 aliphatic heterocycles. The Hall–Kier alpha value is -1.35. The maximum atomic E-state index is 12.2. The van der Waals surface area contributed by atoms with E-state index in [0.717, 1.165) is 45.3 Å². The molecule has 3 nitrogen and oxygen atoms in total. The molecule has 1 aliphatic carbocycles. The van der Waals surface area contributed by atoms with E-state index in [-0.39, 0.29) is 5.91 Å². The second-order valence-electron chi connectivity index (χ2n) is 7.65. The van der Waals surface area contributed by atoms with Gasteiger partial charge in [0.15, 0.2) is 0 Å². The third-order valence-electron chi connectivity index (χ3n) is 5.71. The summed E-state index contributed by atoms with van der Waals surface area (Å²) in [6.45, 7) is 5.42. The van der Waals surface area contributed by atoms with E-state index in [4.69, 9.17) is 0 Å². The van der Waals surface area contributed by atoms with Crippen LogP contribution in [0.5, 0.6) is 0 Å². The van der Waals surface area contributed by atoms with Gasteiger partial charge in [0.2, 0.25) is 5.91 Å². The van der Waals surface area contributed by atoms with Crippen LogP contribution in [-0.4, -0.2) is 29.9 Å². The molecule has 132 valence electrons. The van der Waals surface area contributed by atoms with Crippen molar-refractivity contribution in [1.82, 2.24) is 10.2 Å². The predicted molar refractivity (Wildman–Crippen MR) is 98.8 cm³/mol. The predicted octanol–water partition coefficient (Wildman–Crippen LogP) is 3.91. The van der Waals surface area contributed by atoms with Crippen molar-refractivity contribution in [2.75, 3.05) is 13.1 Å². The van der Waals surface area contributed by atoms with Gasteiger partial charge in [-0.05, 0) is 49.1 Å². The number of carbonyl (C=O) groups is 1. The number of carbonyl (C=O) groups excluding carboxylic acids is 1. The Bertz CT molecular complexity index is 528. The van der Waals surface area contributed by atoms with Gasteiger partial charge in [-0.15, -0.1) is 0 Å². The number of nitrogens with zero attached hydrogens (tertiary/aromatic N) is 1. The van der Waals surface area contributed by atoms with Crippen molar-refractivity contribution in [3.05, 3.63) is 35.4 Å². The third kappa shape index (κ3) is 5.07. The van der Waals surface area contributed by atoms with E-state index in [0.29, 0.717) is 12.0 Å². The summed E-state index contributed by atoms with van der Waals surface area (Å²) in [5, 5.41) is 3.28. The van der Waals surface area contributed by atoms with Crippen LogP contribution in [0, 0.1) is 5.92 Å². The molecule has 1 N–H and O–H groups in total. The molecule has 0 unspecified atom stereocenters. The van der Waals surface area contributed by atoms with Gasteiger partial charge in [0.1, 0.15) is 0 Å². The zero-order valence-corrected chi connectivity index (χ0v) is 15.1. The SMILES string of the molecule is CCc1cccc(CN2CCC(NC(=O)CC3CCCC3)CC2)c1. The van der Waals surface area contributed by atoms with Gasteiger partial charge in [-0.25, -0.2) is 0 Å². The van der Waals surface area contributed by atoms with Crippen LogP contribution in [0.4, 0.5) is 0 Å². The van der Waals surface area contributed by atoms with E-state index in [1.54, 1.807) is 0 Å². The lowest BCUT2D eigenvalue weighted by Crippen LogP contribution is -2.44. The van der Waals surface area contributed by atoms with E-state index in [2.05, 4.69) is 41.4 Å². The molecule has 3 heteroatoms. The molecule has 2 fully saturated rings. The number of benzene rings is 1. The van der Waals surface area contributed by atoms with Gasteiger partial charge >= 0.3 is 0 Å². The van der Waals surface area contributed by atoms with Crippen LogP contribution in [0.25, 0.3) is 0 Å². The quantitative estimate of drug-likeness (QED) is 0.858. The summed E-state index contributed by atoms with van der Waals surface area (Å²) >= 11 is 0. The van der Waals surface area contributed by atoms with Crippen LogP contribution < -0.4 is 5.32 Å². The lowest BCUT2D eigenvalue weighted by molar-refractivity contribution is -0.123. The van der Waals surface area contributed by atoms with Crippen molar-refractivity contribution in [3.8, 4) is 0 Å². The lowest BCUT2D eigenvalue weighted by atomic mass is 10.0. The minimum absolute atomic E-state index is 0.288. The standard InChI is InChI=1S/C21H32N2O/c1-2-17-8-5-9-19(14-17)16-23-12-10-20(11-13-23)22-21(24)15-18-6-3-4-7-18/h5,8-9,14,18,20H,2-4,6-7,10-13,15-16H2,1H3,(H,22,24). The first-order valence-corrected chi connectivity index (χ1v) is 9.82. The zero-order chi connectivity index (χ0) is 16.8. The average molecular weight is 329 g/mol. The van der Waals surface area contributed by atoms with Crippen molar-refractivity contribution in [3.63, 3.8) is 0 Å². The highest BCUT2D eigenvalue weighted by Gasteiger charge is 2.23. The highest BCUT2D eigenvalue weighted by Crippen LogP contribution is 2.27. The van der Waals surface area contributed by atoms with Gasteiger partial charge in [-0.3, -0.25) is 9.69 Å². The molecule has 0 atom stereocenters. The topological polar surface area (TPSA) is 32.3 Å². The van der Waals surface area contributed by atoms with Gasteiger partial charge in [0, 0.05) is 32.1 Å².